The van der Waals surface area contributed by atoms with Crippen molar-refractivity contribution in [3.8, 4) is 5.75 Å². The Hall–Kier alpha value is -3.07. The number of hydrogen-bond donors (Lipinski definition) is 1. The van der Waals surface area contributed by atoms with E-state index in [0.717, 1.165) is 6.42 Å². The second-order valence-corrected chi connectivity index (χ2v) is 7.35. The van der Waals surface area contributed by atoms with Crippen molar-refractivity contribution in [1.29, 1.82) is 0 Å². The van der Waals surface area contributed by atoms with E-state index >= 15 is 0 Å². The van der Waals surface area contributed by atoms with Crippen LogP contribution in [0.4, 0.5) is 0 Å². The van der Waals surface area contributed by atoms with Gasteiger partial charge in [0, 0.05) is 23.6 Å². The molecule has 1 amide bonds. The minimum absolute atomic E-state index is 0.0104. The van der Waals surface area contributed by atoms with Crippen LogP contribution in [0.25, 0.3) is 0 Å². The van der Waals surface area contributed by atoms with Crippen LogP contribution in [0.3, 0.4) is 0 Å². The van der Waals surface area contributed by atoms with E-state index in [4.69, 9.17) is 0 Å². The van der Waals surface area contributed by atoms with Crippen LogP contribution in [0.2, 0.25) is 0 Å². The molecule has 3 nitrogen and oxygen atoms in total. The molecule has 3 heteroatoms. The lowest BCUT2D eigenvalue weighted by molar-refractivity contribution is 0.0742. The quantitative estimate of drug-likeness (QED) is 0.743. The number of amides is 1. The minimum atomic E-state index is -0.214. The van der Waals surface area contributed by atoms with E-state index < -0.39 is 0 Å². The first-order valence-electron chi connectivity index (χ1n) is 9.31. The summed E-state index contributed by atoms with van der Waals surface area (Å²) < 4.78 is 0. The molecule has 0 radical (unpaired) electrons. The highest BCUT2D eigenvalue weighted by molar-refractivity contribution is 5.95. The Labute approximate surface area is 159 Å². The van der Waals surface area contributed by atoms with Crippen molar-refractivity contribution in [2.24, 2.45) is 0 Å². The Morgan fingerprint density at radius 2 is 1.41 bits per heavy atom. The van der Waals surface area contributed by atoms with Crippen LogP contribution in [0.15, 0.2) is 84.9 Å². The molecule has 0 bridgehead atoms. The first-order valence-corrected chi connectivity index (χ1v) is 9.31. The van der Waals surface area contributed by atoms with Gasteiger partial charge in [-0.15, -0.1) is 0 Å². The molecular formula is C24H23NO2. The van der Waals surface area contributed by atoms with E-state index in [-0.39, 0.29) is 23.1 Å². The molecule has 0 spiro atoms. The van der Waals surface area contributed by atoms with Gasteiger partial charge in [0.25, 0.3) is 5.91 Å². The largest absolute Gasteiger partial charge is 0.508 e. The number of phenolic OH excluding ortho intramolecular Hbond substituents is 1. The van der Waals surface area contributed by atoms with E-state index in [9.17, 15) is 9.90 Å². The van der Waals surface area contributed by atoms with Gasteiger partial charge in [-0.3, -0.25) is 4.79 Å². The lowest BCUT2D eigenvalue weighted by Crippen LogP contribution is -2.37. The molecule has 1 N–H and O–H groups in total. The average molecular weight is 357 g/mol. The third-order valence-electron chi connectivity index (χ3n) is 5.64. The number of hydrogen-bond acceptors (Lipinski definition) is 2. The summed E-state index contributed by atoms with van der Waals surface area (Å²) >= 11 is 0. The fraction of sp³-hybridized carbons (Fsp3) is 0.208. The van der Waals surface area contributed by atoms with Crippen LogP contribution in [-0.4, -0.2) is 28.5 Å². The number of carbonyl (C=O) groups excluding carboxylic acids is 1. The van der Waals surface area contributed by atoms with Gasteiger partial charge in [-0.25, -0.2) is 0 Å². The Morgan fingerprint density at radius 3 is 1.93 bits per heavy atom. The van der Waals surface area contributed by atoms with Gasteiger partial charge >= 0.3 is 0 Å². The molecule has 1 atom stereocenters. The molecule has 1 aliphatic rings. The van der Waals surface area contributed by atoms with Gasteiger partial charge in [-0.05, 0) is 48.7 Å². The number of aromatic hydroxyl groups is 1. The summed E-state index contributed by atoms with van der Waals surface area (Å²) in [5.74, 6) is 0.181. The molecule has 1 saturated heterocycles. The topological polar surface area (TPSA) is 40.5 Å². The van der Waals surface area contributed by atoms with Crippen molar-refractivity contribution in [2.45, 2.75) is 24.8 Å². The van der Waals surface area contributed by atoms with Crippen LogP contribution >= 0.6 is 0 Å². The van der Waals surface area contributed by atoms with Gasteiger partial charge < -0.3 is 10.0 Å². The summed E-state index contributed by atoms with van der Waals surface area (Å²) in [7, 11) is 0. The first-order chi connectivity index (χ1) is 13.1. The van der Waals surface area contributed by atoms with E-state index in [2.05, 4.69) is 55.5 Å². The predicted molar refractivity (Wildman–Crippen MR) is 107 cm³/mol. The Morgan fingerprint density at radius 1 is 0.889 bits per heavy atom. The molecule has 136 valence electrons. The highest BCUT2D eigenvalue weighted by Gasteiger charge is 2.46. The fourth-order valence-corrected chi connectivity index (χ4v) is 4.27. The van der Waals surface area contributed by atoms with Crippen molar-refractivity contribution >= 4 is 5.91 Å². The van der Waals surface area contributed by atoms with Crippen molar-refractivity contribution in [3.05, 3.63) is 102 Å². The monoisotopic (exact) mass is 357 g/mol. The predicted octanol–water partition coefficient (Wildman–Crippen LogP) is 4.61. The maximum Gasteiger partial charge on any atom is 0.254 e. The van der Waals surface area contributed by atoms with Crippen LogP contribution in [0, 0.1) is 0 Å². The van der Waals surface area contributed by atoms with Crippen molar-refractivity contribution in [2.75, 3.05) is 6.54 Å². The van der Waals surface area contributed by atoms with E-state index in [1.54, 1.807) is 24.3 Å². The van der Waals surface area contributed by atoms with Gasteiger partial charge in [0.15, 0.2) is 0 Å². The molecular weight excluding hydrogens is 334 g/mol. The third kappa shape index (κ3) is 3.10. The molecule has 27 heavy (non-hydrogen) atoms. The molecule has 0 saturated carbocycles. The average Bonchev–Trinajstić information content (AvgIpc) is 3.08. The minimum Gasteiger partial charge on any atom is -0.508 e. The second kappa shape index (κ2) is 6.92. The fourth-order valence-electron chi connectivity index (χ4n) is 4.27. The van der Waals surface area contributed by atoms with Gasteiger partial charge in [-0.1, -0.05) is 60.7 Å². The summed E-state index contributed by atoms with van der Waals surface area (Å²) in [6.45, 7) is 2.76. The zero-order valence-corrected chi connectivity index (χ0v) is 15.4. The van der Waals surface area contributed by atoms with Gasteiger partial charge in [0.1, 0.15) is 5.75 Å². The maximum atomic E-state index is 13.2. The molecule has 1 heterocycles. The van der Waals surface area contributed by atoms with Crippen LogP contribution in [0.5, 0.6) is 5.75 Å². The summed E-state index contributed by atoms with van der Waals surface area (Å²) in [5.41, 5.74) is 2.87. The Bertz CT molecular complexity index is 880. The number of phenols is 1. The number of carbonyl (C=O) groups is 1. The summed E-state index contributed by atoms with van der Waals surface area (Å²) in [5, 5.41) is 9.51. The number of rotatable bonds is 3. The van der Waals surface area contributed by atoms with Crippen LogP contribution in [0.1, 0.15) is 34.8 Å². The highest BCUT2D eigenvalue weighted by Crippen LogP contribution is 2.44. The summed E-state index contributed by atoms with van der Waals surface area (Å²) in [6, 6.07) is 27.6. The van der Waals surface area contributed by atoms with Gasteiger partial charge in [0.2, 0.25) is 0 Å². The van der Waals surface area contributed by atoms with Gasteiger partial charge in [0.05, 0.1) is 0 Å². The maximum absolute atomic E-state index is 13.2. The summed E-state index contributed by atoms with van der Waals surface area (Å²) in [4.78, 5) is 15.1. The number of benzene rings is 3. The molecule has 0 aliphatic carbocycles. The Balaban J connectivity index is 1.74. The van der Waals surface area contributed by atoms with E-state index in [1.807, 2.05) is 17.0 Å². The lowest BCUT2D eigenvalue weighted by atomic mass is 9.73. The van der Waals surface area contributed by atoms with E-state index in [1.165, 1.54) is 11.1 Å². The molecule has 3 aromatic carbocycles. The lowest BCUT2D eigenvalue weighted by Gasteiger charge is -2.31. The highest BCUT2D eigenvalue weighted by atomic mass is 16.3. The zero-order valence-electron chi connectivity index (χ0n) is 15.4. The normalized spacial score (nSPS) is 18.4. The van der Waals surface area contributed by atoms with Crippen molar-refractivity contribution < 1.29 is 9.90 Å². The number of likely N-dealkylation sites (tertiary alicyclic amines) is 1. The second-order valence-electron chi connectivity index (χ2n) is 7.35. The molecule has 3 aromatic rings. The molecule has 1 fully saturated rings. The molecule has 1 aliphatic heterocycles. The first kappa shape index (κ1) is 17.3. The SMILES string of the molecule is CC1CC(c2ccccc2)(c2ccccc2)CN1C(=O)c1ccc(O)cc1. The zero-order chi connectivity index (χ0) is 18.9. The number of nitrogens with zero attached hydrogens (tertiary/aromatic N) is 1. The smallest absolute Gasteiger partial charge is 0.254 e. The van der Waals surface area contributed by atoms with Crippen LogP contribution in [-0.2, 0) is 5.41 Å². The Kier molecular flexibility index (Phi) is 4.44. The molecule has 4 rings (SSSR count). The van der Waals surface area contributed by atoms with Crippen molar-refractivity contribution in [1.82, 2.24) is 4.90 Å². The standard InChI is InChI=1S/C24H23NO2/c1-18-16-24(20-8-4-2-5-9-20,21-10-6-3-7-11-21)17-25(18)23(27)19-12-14-22(26)15-13-19/h2-15,18,26H,16-17H2,1H3. The van der Waals surface area contributed by atoms with Crippen LogP contribution < -0.4 is 0 Å². The summed E-state index contributed by atoms with van der Waals surface area (Å²) in [6.07, 6.45) is 0.880. The molecule has 1 unspecified atom stereocenters. The van der Waals surface area contributed by atoms with Crippen molar-refractivity contribution in [3.63, 3.8) is 0 Å². The van der Waals surface area contributed by atoms with E-state index in [0.29, 0.717) is 12.1 Å². The van der Waals surface area contributed by atoms with Gasteiger partial charge in [-0.2, -0.15) is 0 Å². The third-order valence-corrected chi connectivity index (χ3v) is 5.64. The molecule has 0 aromatic heterocycles.